The van der Waals surface area contributed by atoms with Crippen molar-refractivity contribution < 1.29 is 17.9 Å². The molecule has 2 rings (SSSR count). The molecule has 1 heterocycles. The van der Waals surface area contributed by atoms with E-state index in [9.17, 15) is 13.2 Å². The summed E-state index contributed by atoms with van der Waals surface area (Å²) in [7, 11) is 1.59. The van der Waals surface area contributed by atoms with Crippen LogP contribution in [0.3, 0.4) is 0 Å². The normalized spacial score (nSPS) is 11.6. The second kappa shape index (κ2) is 6.19. The fourth-order valence-electron chi connectivity index (χ4n) is 1.61. The van der Waals surface area contributed by atoms with Crippen molar-refractivity contribution in [1.82, 2.24) is 9.36 Å². The Labute approximate surface area is 117 Å². The molecule has 0 amide bonds. The second-order valence-electron chi connectivity index (χ2n) is 3.98. The van der Waals surface area contributed by atoms with Gasteiger partial charge in [-0.15, -0.1) is 0 Å². The molecule has 0 aliphatic heterocycles. The van der Waals surface area contributed by atoms with E-state index in [4.69, 9.17) is 4.74 Å². The summed E-state index contributed by atoms with van der Waals surface area (Å²) in [5.74, 6) is -1.12. The van der Waals surface area contributed by atoms with Crippen LogP contribution < -0.4 is 5.32 Å². The van der Waals surface area contributed by atoms with Crippen LogP contribution in [0.1, 0.15) is 17.0 Å². The molecule has 0 bridgehead atoms. The standard InChI is InChI=1S/C12H12F3N3OS/c1-19-7-9-5-3-2-4-8(9)6-16-11-17-10(18-20-11)12(13,14)15/h2-5H,6-7H2,1H3,(H,16,17,18). The number of halogens is 3. The molecule has 0 saturated heterocycles. The average Bonchev–Trinajstić information content (AvgIpc) is 2.87. The zero-order chi connectivity index (χ0) is 14.6. The van der Waals surface area contributed by atoms with Crippen molar-refractivity contribution in [2.75, 3.05) is 12.4 Å². The number of hydrogen-bond acceptors (Lipinski definition) is 5. The summed E-state index contributed by atoms with van der Waals surface area (Å²) < 4.78 is 45.4. The lowest BCUT2D eigenvalue weighted by Crippen LogP contribution is -2.08. The third-order valence-electron chi connectivity index (χ3n) is 2.53. The fourth-order valence-corrected chi connectivity index (χ4v) is 2.19. The highest BCUT2D eigenvalue weighted by molar-refractivity contribution is 7.09. The summed E-state index contributed by atoms with van der Waals surface area (Å²) in [5.41, 5.74) is 1.92. The summed E-state index contributed by atoms with van der Waals surface area (Å²) in [6.07, 6.45) is -4.51. The molecule has 1 N–H and O–H groups in total. The van der Waals surface area contributed by atoms with Crippen molar-refractivity contribution in [3.8, 4) is 0 Å². The van der Waals surface area contributed by atoms with Crippen LogP contribution in [0.25, 0.3) is 0 Å². The first-order chi connectivity index (χ1) is 9.50. The van der Waals surface area contributed by atoms with E-state index < -0.39 is 12.0 Å². The van der Waals surface area contributed by atoms with E-state index >= 15 is 0 Å². The van der Waals surface area contributed by atoms with E-state index in [2.05, 4.69) is 14.7 Å². The van der Waals surface area contributed by atoms with Crippen molar-refractivity contribution in [3.05, 3.63) is 41.2 Å². The SMILES string of the molecule is COCc1ccccc1CNc1nc(C(F)(F)F)ns1. The third-order valence-corrected chi connectivity index (χ3v) is 3.20. The second-order valence-corrected chi connectivity index (χ2v) is 4.73. The lowest BCUT2D eigenvalue weighted by atomic mass is 10.1. The molecule has 0 aliphatic carbocycles. The van der Waals surface area contributed by atoms with E-state index in [0.29, 0.717) is 24.7 Å². The minimum absolute atomic E-state index is 0.143. The molecule has 4 nitrogen and oxygen atoms in total. The van der Waals surface area contributed by atoms with Gasteiger partial charge in [0, 0.05) is 25.2 Å². The van der Waals surface area contributed by atoms with Crippen LogP contribution in [0.5, 0.6) is 0 Å². The molecule has 0 radical (unpaired) electrons. The smallest absolute Gasteiger partial charge is 0.380 e. The topological polar surface area (TPSA) is 47.0 Å². The maximum Gasteiger partial charge on any atom is 0.452 e. The Hall–Kier alpha value is -1.67. The minimum Gasteiger partial charge on any atom is -0.380 e. The predicted octanol–water partition coefficient (Wildman–Crippen LogP) is 3.32. The Morgan fingerprint density at radius 1 is 1.25 bits per heavy atom. The molecule has 0 fully saturated rings. The van der Waals surface area contributed by atoms with Crippen LogP contribution in [0, 0.1) is 0 Å². The number of anilines is 1. The van der Waals surface area contributed by atoms with Gasteiger partial charge in [-0.1, -0.05) is 24.3 Å². The van der Waals surface area contributed by atoms with Crippen LogP contribution in [0.4, 0.5) is 18.3 Å². The Balaban J connectivity index is 2.04. The number of methoxy groups -OCH3 is 1. The van der Waals surface area contributed by atoms with E-state index in [1.807, 2.05) is 24.3 Å². The Morgan fingerprint density at radius 3 is 2.55 bits per heavy atom. The summed E-state index contributed by atoms with van der Waals surface area (Å²) >= 11 is 0.691. The molecular formula is C12H12F3N3OS. The van der Waals surface area contributed by atoms with Gasteiger partial charge in [-0.05, 0) is 11.1 Å². The van der Waals surface area contributed by atoms with Gasteiger partial charge in [0.05, 0.1) is 6.61 Å². The van der Waals surface area contributed by atoms with Gasteiger partial charge in [-0.25, -0.2) is 0 Å². The zero-order valence-electron chi connectivity index (χ0n) is 10.6. The summed E-state index contributed by atoms with van der Waals surface area (Å²) in [5, 5.41) is 2.98. The van der Waals surface area contributed by atoms with E-state index in [0.717, 1.165) is 11.1 Å². The molecule has 108 valence electrons. The number of hydrogen-bond donors (Lipinski definition) is 1. The summed E-state index contributed by atoms with van der Waals surface area (Å²) in [6.45, 7) is 0.813. The van der Waals surface area contributed by atoms with Crippen molar-refractivity contribution in [2.45, 2.75) is 19.3 Å². The first-order valence-electron chi connectivity index (χ1n) is 5.71. The molecular weight excluding hydrogens is 291 g/mol. The van der Waals surface area contributed by atoms with Gasteiger partial charge in [0.25, 0.3) is 0 Å². The van der Waals surface area contributed by atoms with E-state index in [-0.39, 0.29) is 5.13 Å². The number of aromatic nitrogens is 2. The van der Waals surface area contributed by atoms with Crippen LogP contribution in [0.15, 0.2) is 24.3 Å². The van der Waals surface area contributed by atoms with Gasteiger partial charge in [0.15, 0.2) is 0 Å². The maximum atomic E-state index is 12.4. The van der Waals surface area contributed by atoms with Crippen molar-refractivity contribution in [3.63, 3.8) is 0 Å². The molecule has 0 spiro atoms. The quantitative estimate of drug-likeness (QED) is 0.920. The van der Waals surface area contributed by atoms with Gasteiger partial charge in [-0.3, -0.25) is 0 Å². The van der Waals surface area contributed by atoms with Gasteiger partial charge < -0.3 is 10.1 Å². The number of rotatable bonds is 5. The molecule has 20 heavy (non-hydrogen) atoms. The van der Waals surface area contributed by atoms with Crippen LogP contribution in [-0.4, -0.2) is 16.5 Å². The molecule has 0 unspecified atom stereocenters. The van der Waals surface area contributed by atoms with E-state index in [1.54, 1.807) is 7.11 Å². The Bertz CT molecular complexity index is 571. The molecule has 0 atom stereocenters. The van der Waals surface area contributed by atoms with Gasteiger partial charge >= 0.3 is 6.18 Å². The lowest BCUT2D eigenvalue weighted by molar-refractivity contribution is -0.144. The van der Waals surface area contributed by atoms with Crippen molar-refractivity contribution >= 4 is 16.7 Å². The molecule has 0 aliphatic rings. The average molecular weight is 303 g/mol. The molecule has 1 aromatic carbocycles. The Morgan fingerprint density at radius 2 is 1.95 bits per heavy atom. The first kappa shape index (κ1) is 14.7. The molecule has 1 aromatic heterocycles. The van der Waals surface area contributed by atoms with Gasteiger partial charge in [-0.2, -0.15) is 22.5 Å². The predicted molar refractivity (Wildman–Crippen MR) is 69.4 cm³/mol. The molecule has 0 saturated carbocycles. The summed E-state index contributed by atoms with van der Waals surface area (Å²) in [6, 6.07) is 7.52. The number of ether oxygens (including phenoxy) is 1. The number of alkyl halides is 3. The number of nitrogens with one attached hydrogen (secondary N) is 1. The molecule has 8 heteroatoms. The zero-order valence-corrected chi connectivity index (χ0v) is 11.4. The number of nitrogens with zero attached hydrogens (tertiary/aromatic N) is 2. The Kier molecular flexibility index (Phi) is 4.56. The van der Waals surface area contributed by atoms with Gasteiger partial charge in [0.2, 0.25) is 11.0 Å². The maximum absolute atomic E-state index is 12.4. The van der Waals surface area contributed by atoms with Crippen molar-refractivity contribution in [1.29, 1.82) is 0 Å². The van der Waals surface area contributed by atoms with Crippen LogP contribution in [0.2, 0.25) is 0 Å². The highest BCUT2D eigenvalue weighted by Crippen LogP contribution is 2.29. The fraction of sp³-hybridized carbons (Fsp3) is 0.333. The number of benzene rings is 1. The highest BCUT2D eigenvalue weighted by Gasteiger charge is 2.36. The summed E-state index contributed by atoms with van der Waals surface area (Å²) in [4.78, 5) is 3.41. The monoisotopic (exact) mass is 303 g/mol. The van der Waals surface area contributed by atoms with Crippen LogP contribution >= 0.6 is 11.5 Å². The third kappa shape index (κ3) is 3.67. The lowest BCUT2D eigenvalue weighted by Gasteiger charge is -2.08. The van der Waals surface area contributed by atoms with Gasteiger partial charge in [0.1, 0.15) is 0 Å². The van der Waals surface area contributed by atoms with Crippen molar-refractivity contribution in [2.24, 2.45) is 0 Å². The largest absolute Gasteiger partial charge is 0.452 e. The molecule has 2 aromatic rings. The highest BCUT2D eigenvalue weighted by atomic mass is 32.1. The van der Waals surface area contributed by atoms with Crippen LogP contribution in [-0.2, 0) is 24.1 Å². The first-order valence-corrected chi connectivity index (χ1v) is 6.48. The minimum atomic E-state index is -4.51. The van der Waals surface area contributed by atoms with E-state index in [1.165, 1.54) is 0 Å².